The van der Waals surface area contributed by atoms with Crippen LogP contribution in [-0.2, 0) is 28.9 Å². The number of hydrogen-bond acceptors (Lipinski definition) is 4. The maximum absolute atomic E-state index is 13.9. The van der Waals surface area contributed by atoms with Gasteiger partial charge in [-0.1, -0.05) is 72.8 Å². The zero-order valence-electron chi connectivity index (χ0n) is 21.7. The van der Waals surface area contributed by atoms with Crippen LogP contribution in [0.4, 0.5) is 18.0 Å². The molecular weight excluding hydrogens is 523 g/mol. The fourth-order valence-electron chi connectivity index (χ4n) is 5.22. The molecule has 11 heteroatoms. The maximum Gasteiger partial charge on any atom is 0.416 e. The van der Waals surface area contributed by atoms with Crippen LogP contribution in [0.1, 0.15) is 28.3 Å². The molecule has 1 N–H and O–H groups in total. The first-order valence-electron chi connectivity index (χ1n) is 12.8. The number of nitrogens with one attached hydrogen (secondary N) is 1. The summed E-state index contributed by atoms with van der Waals surface area (Å²) in [6.45, 7) is -0.0692. The third kappa shape index (κ3) is 5.50. The summed E-state index contributed by atoms with van der Waals surface area (Å²) >= 11 is 0. The average molecular weight is 552 g/mol. The summed E-state index contributed by atoms with van der Waals surface area (Å²) in [6.07, 6.45) is -5.41. The van der Waals surface area contributed by atoms with E-state index in [1.807, 2.05) is 30.3 Å². The monoisotopic (exact) mass is 551 g/mol. The molecule has 4 amide bonds. The summed E-state index contributed by atoms with van der Waals surface area (Å²) in [6, 6.07) is 21.3. The Kier molecular flexibility index (Phi) is 7.49. The summed E-state index contributed by atoms with van der Waals surface area (Å²) in [5.41, 5.74) is 0.911. The number of hydrogen-bond donors (Lipinski definition) is 1. The number of alkyl halides is 3. The molecule has 5 rings (SSSR count). The van der Waals surface area contributed by atoms with E-state index in [0.29, 0.717) is 11.1 Å². The van der Waals surface area contributed by atoms with Crippen molar-refractivity contribution in [2.45, 2.75) is 31.5 Å². The van der Waals surface area contributed by atoms with Crippen LogP contribution in [0.3, 0.4) is 0 Å². The Bertz CT molecular complexity index is 1390. The number of hydrazine groups is 1. The molecular formula is C29H28F3N5O3. The molecule has 2 aliphatic rings. The lowest BCUT2D eigenvalue weighted by Crippen LogP contribution is -2.73. The first-order valence-corrected chi connectivity index (χ1v) is 12.8. The van der Waals surface area contributed by atoms with Gasteiger partial charge in [0.05, 0.1) is 18.7 Å². The molecule has 0 aromatic heterocycles. The quantitative estimate of drug-likeness (QED) is 0.520. The number of likely N-dealkylation sites (N-methyl/N-ethyl adjacent to an activating group) is 1. The van der Waals surface area contributed by atoms with E-state index < -0.39 is 35.9 Å². The summed E-state index contributed by atoms with van der Waals surface area (Å²) in [4.78, 5) is 43.6. The van der Waals surface area contributed by atoms with Crippen LogP contribution in [0.15, 0.2) is 84.9 Å². The minimum absolute atomic E-state index is 0.0761. The van der Waals surface area contributed by atoms with Crippen molar-refractivity contribution in [2.24, 2.45) is 0 Å². The molecule has 2 aliphatic heterocycles. The number of urea groups is 1. The van der Waals surface area contributed by atoms with Crippen LogP contribution in [-0.4, -0.2) is 64.0 Å². The van der Waals surface area contributed by atoms with Gasteiger partial charge in [-0.2, -0.15) is 13.2 Å². The van der Waals surface area contributed by atoms with Crippen LogP contribution >= 0.6 is 0 Å². The number of halogens is 3. The van der Waals surface area contributed by atoms with E-state index in [2.05, 4.69) is 5.32 Å². The van der Waals surface area contributed by atoms with E-state index in [0.717, 1.165) is 17.7 Å². The van der Waals surface area contributed by atoms with Crippen molar-refractivity contribution in [3.8, 4) is 0 Å². The van der Waals surface area contributed by atoms with Gasteiger partial charge in [0, 0.05) is 20.1 Å². The molecule has 2 fully saturated rings. The molecule has 0 aliphatic carbocycles. The minimum Gasteiger partial charge on any atom is -0.333 e. The highest BCUT2D eigenvalue weighted by molar-refractivity contribution is 5.92. The predicted octanol–water partition coefficient (Wildman–Crippen LogP) is 4.02. The van der Waals surface area contributed by atoms with Crippen molar-refractivity contribution in [3.05, 3.63) is 107 Å². The Labute approximate surface area is 229 Å². The highest BCUT2D eigenvalue weighted by Crippen LogP contribution is 2.36. The van der Waals surface area contributed by atoms with Gasteiger partial charge in [-0.15, -0.1) is 0 Å². The van der Waals surface area contributed by atoms with Gasteiger partial charge in [0.25, 0.3) is 5.91 Å². The van der Waals surface area contributed by atoms with E-state index in [1.165, 1.54) is 32.0 Å². The second-order valence-electron chi connectivity index (χ2n) is 9.82. The van der Waals surface area contributed by atoms with Crippen molar-refractivity contribution >= 4 is 17.8 Å². The Morgan fingerprint density at radius 1 is 0.925 bits per heavy atom. The molecule has 0 radical (unpaired) electrons. The third-order valence-corrected chi connectivity index (χ3v) is 7.07. The Morgan fingerprint density at radius 3 is 2.25 bits per heavy atom. The minimum atomic E-state index is -4.53. The summed E-state index contributed by atoms with van der Waals surface area (Å²) in [7, 11) is 1.61. The summed E-state index contributed by atoms with van der Waals surface area (Å²) in [5, 5.41) is 5.79. The van der Waals surface area contributed by atoms with Crippen molar-refractivity contribution < 1.29 is 27.6 Å². The second kappa shape index (κ2) is 11.0. The van der Waals surface area contributed by atoms with Gasteiger partial charge in [-0.3, -0.25) is 9.59 Å². The van der Waals surface area contributed by atoms with Crippen molar-refractivity contribution in [3.63, 3.8) is 0 Å². The predicted molar refractivity (Wildman–Crippen MR) is 140 cm³/mol. The normalized spacial score (nSPS) is 19.9. The Morgan fingerprint density at radius 2 is 1.57 bits per heavy atom. The van der Waals surface area contributed by atoms with Gasteiger partial charge in [-0.05, 0) is 28.8 Å². The molecule has 0 unspecified atom stereocenters. The van der Waals surface area contributed by atoms with Gasteiger partial charge in [0.2, 0.25) is 5.91 Å². The third-order valence-electron chi connectivity index (χ3n) is 7.07. The number of carbonyl (C=O) groups is 3. The van der Waals surface area contributed by atoms with Crippen molar-refractivity contribution in [2.75, 3.05) is 20.1 Å². The van der Waals surface area contributed by atoms with Gasteiger partial charge < -0.3 is 15.1 Å². The number of fused-ring (bicyclic) bond motifs is 1. The fourth-order valence-corrected chi connectivity index (χ4v) is 5.22. The molecule has 40 heavy (non-hydrogen) atoms. The second-order valence-corrected chi connectivity index (χ2v) is 9.82. The smallest absolute Gasteiger partial charge is 0.333 e. The van der Waals surface area contributed by atoms with Crippen LogP contribution in [0.5, 0.6) is 0 Å². The number of benzene rings is 3. The fraction of sp³-hybridized carbons (Fsp3) is 0.276. The Hall–Kier alpha value is -4.38. The van der Waals surface area contributed by atoms with E-state index in [9.17, 15) is 27.6 Å². The van der Waals surface area contributed by atoms with Crippen LogP contribution < -0.4 is 5.32 Å². The topological polar surface area (TPSA) is 76.2 Å². The lowest BCUT2D eigenvalue weighted by molar-refractivity contribution is -0.188. The van der Waals surface area contributed by atoms with Crippen LogP contribution in [0.25, 0.3) is 0 Å². The lowest BCUT2D eigenvalue weighted by Gasteiger charge is -2.54. The molecule has 3 aromatic rings. The standard InChI is InChI=1S/C29H28F3N5O3/c1-34-19-25(38)36-24(37(34)28(40)33-16-20-9-4-2-5-10-20)18-35(27(39)26(36)22-12-6-3-7-13-22)17-21-11-8-14-23(15-21)29(30,31)32/h2-15,24,26H,16-19H2,1H3,(H,33,40)/t24-,26-/m0/s1. The Balaban J connectivity index is 1.48. The van der Waals surface area contributed by atoms with Gasteiger partial charge in [0.1, 0.15) is 12.2 Å². The summed E-state index contributed by atoms with van der Waals surface area (Å²) in [5.74, 6) is -0.761. The molecule has 0 spiro atoms. The molecule has 0 saturated carbocycles. The molecule has 2 atom stereocenters. The number of nitrogens with zero attached hydrogens (tertiary/aromatic N) is 4. The zero-order chi connectivity index (χ0) is 28.4. The van der Waals surface area contributed by atoms with Gasteiger partial charge in [0.15, 0.2) is 0 Å². The van der Waals surface area contributed by atoms with E-state index >= 15 is 0 Å². The molecule has 3 aromatic carbocycles. The van der Waals surface area contributed by atoms with Crippen molar-refractivity contribution in [1.29, 1.82) is 0 Å². The van der Waals surface area contributed by atoms with E-state index in [1.54, 1.807) is 37.4 Å². The highest BCUT2D eigenvalue weighted by atomic mass is 19.4. The van der Waals surface area contributed by atoms with Crippen LogP contribution in [0.2, 0.25) is 0 Å². The first kappa shape index (κ1) is 27.2. The van der Waals surface area contributed by atoms with Gasteiger partial charge >= 0.3 is 12.2 Å². The highest BCUT2D eigenvalue weighted by Gasteiger charge is 2.51. The molecule has 208 valence electrons. The molecule has 0 bridgehead atoms. The zero-order valence-corrected chi connectivity index (χ0v) is 21.7. The van der Waals surface area contributed by atoms with E-state index in [-0.39, 0.29) is 32.1 Å². The number of carbonyl (C=O) groups excluding carboxylic acids is 3. The lowest BCUT2D eigenvalue weighted by atomic mass is 9.98. The molecule has 8 nitrogen and oxygen atoms in total. The maximum atomic E-state index is 13.9. The number of amides is 4. The largest absolute Gasteiger partial charge is 0.416 e. The molecule has 2 saturated heterocycles. The number of piperazine rings is 1. The number of rotatable bonds is 5. The summed E-state index contributed by atoms with van der Waals surface area (Å²) < 4.78 is 40.1. The molecule has 2 heterocycles. The average Bonchev–Trinajstić information content (AvgIpc) is 2.93. The van der Waals surface area contributed by atoms with Gasteiger partial charge in [-0.25, -0.2) is 14.8 Å². The van der Waals surface area contributed by atoms with Crippen molar-refractivity contribution in [1.82, 2.24) is 25.1 Å². The first-order chi connectivity index (χ1) is 19.1. The van der Waals surface area contributed by atoms with Crippen LogP contribution in [0, 0.1) is 0 Å². The van der Waals surface area contributed by atoms with E-state index in [4.69, 9.17) is 0 Å². The SMILES string of the molecule is CN1CC(=O)N2[C@@H](c3ccccc3)C(=O)N(Cc3cccc(C(F)(F)F)c3)C[C@@H]2N1C(=O)NCc1ccccc1.